The van der Waals surface area contributed by atoms with Gasteiger partial charge in [0.1, 0.15) is 0 Å². The van der Waals surface area contributed by atoms with E-state index in [4.69, 9.17) is 0 Å². The molecule has 0 bridgehead atoms. The van der Waals surface area contributed by atoms with Crippen molar-refractivity contribution >= 4 is 0 Å². The number of rotatable bonds is 5. The van der Waals surface area contributed by atoms with Gasteiger partial charge in [0, 0.05) is 13.1 Å². The number of hydrogen-bond donors (Lipinski definition) is 2. The van der Waals surface area contributed by atoms with Crippen molar-refractivity contribution in [1.29, 1.82) is 0 Å². The van der Waals surface area contributed by atoms with E-state index >= 15 is 0 Å². The van der Waals surface area contributed by atoms with Gasteiger partial charge in [0.15, 0.2) is 0 Å². The fourth-order valence-corrected chi connectivity index (χ4v) is 2.75. The van der Waals surface area contributed by atoms with Crippen molar-refractivity contribution in [2.45, 2.75) is 44.8 Å². The van der Waals surface area contributed by atoms with Gasteiger partial charge in [-0.25, -0.2) is 0 Å². The van der Waals surface area contributed by atoms with Crippen molar-refractivity contribution in [3.05, 3.63) is 34.9 Å². The molecule has 1 aromatic carbocycles. The van der Waals surface area contributed by atoms with Crippen LogP contribution in [0.3, 0.4) is 0 Å². The fraction of sp³-hybridized carbons (Fsp3) is 0.600. The molecule has 2 aliphatic carbocycles. The summed E-state index contributed by atoms with van der Waals surface area (Å²) >= 11 is 0. The molecule has 0 saturated heterocycles. The van der Waals surface area contributed by atoms with Gasteiger partial charge < -0.3 is 10.4 Å². The lowest BCUT2D eigenvalue weighted by Gasteiger charge is -2.11. The topological polar surface area (TPSA) is 32.3 Å². The van der Waals surface area contributed by atoms with E-state index in [0.717, 1.165) is 13.1 Å². The molecule has 1 atom stereocenters. The molecule has 0 amide bonds. The summed E-state index contributed by atoms with van der Waals surface area (Å²) in [6.45, 7) is 1.62. The number of aryl methyl sites for hydroxylation is 2. The van der Waals surface area contributed by atoms with Crippen LogP contribution in [0, 0.1) is 5.92 Å². The third-order valence-corrected chi connectivity index (χ3v) is 4.01. The first kappa shape index (κ1) is 11.2. The smallest absolute Gasteiger partial charge is 0.0692 e. The molecule has 2 aliphatic rings. The van der Waals surface area contributed by atoms with Crippen LogP contribution in [0.25, 0.3) is 0 Å². The van der Waals surface area contributed by atoms with Crippen molar-refractivity contribution < 1.29 is 5.11 Å². The number of nitrogens with one attached hydrogen (secondary N) is 1. The first-order valence-corrected chi connectivity index (χ1v) is 6.82. The van der Waals surface area contributed by atoms with Crippen LogP contribution >= 0.6 is 0 Å². The Balaban J connectivity index is 1.51. The maximum Gasteiger partial charge on any atom is 0.0692 e. The number of aliphatic hydroxyl groups is 1. The lowest BCUT2D eigenvalue weighted by Crippen LogP contribution is -2.27. The minimum Gasteiger partial charge on any atom is -0.392 e. The minimum absolute atomic E-state index is 0.135. The molecular formula is C15H21NO. The highest BCUT2D eigenvalue weighted by Gasteiger charge is 2.29. The molecular weight excluding hydrogens is 210 g/mol. The Morgan fingerprint density at radius 1 is 1.24 bits per heavy atom. The van der Waals surface area contributed by atoms with Gasteiger partial charge in [-0.1, -0.05) is 18.2 Å². The van der Waals surface area contributed by atoms with Crippen molar-refractivity contribution in [3.63, 3.8) is 0 Å². The zero-order valence-electron chi connectivity index (χ0n) is 10.3. The molecule has 3 rings (SSSR count). The molecule has 0 radical (unpaired) electrons. The summed E-state index contributed by atoms with van der Waals surface area (Å²) in [5, 5.41) is 13.1. The normalized spacial score (nSPS) is 20.3. The second-order valence-corrected chi connectivity index (χ2v) is 5.49. The zero-order chi connectivity index (χ0) is 11.7. The van der Waals surface area contributed by atoms with Crippen LogP contribution in [0.4, 0.5) is 0 Å². The Kier molecular flexibility index (Phi) is 3.17. The quantitative estimate of drug-likeness (QED) is 0.812. The van der Waals surface area contributed by atoms with E-state index in [1.54, 1.807) is 0 Å². The van der Waals surface area contributed by atoms with Gasteiger partial charge in [0.05, 0.1) is 6.10 Å². The highest BCUT2D eigenvalue weighted by Crippen LogP contribution is 2.32. The van der Waals surface area contributed by atoms with Crippen LogP contribution in [0.1, 0.15) is 36.0 Å². The minimum atomic E-state index is -0.135. The van der Waals surface area contributed by atoms with Gasteiger partial charge in [-0.15, -0.1) is 0 Å². The molecule has 92 valence electrons. The molecule has 2 heteroatoms. The summed E-state index contributed by atoms with van der Waals surface area (Å²) in [4.78, 5) is 0. The van der Waals surface area contributed by atoms with E-state index in [0.29, 0.717) is 5.92 Å². The van der Waals surface area contributed by atoms with E-state index in [9.17, 15) is 5.11 Å². The van der Waals surface area contributed by atoms with E-state index in [1.807, 2.05) is 0 Å². The lowest BCUT2D eigenvalue weighted by molar-refractivity contribution is 0.148. The van der Waals surface area contributed by atoms with E-state index < -0.39 is 0 Å². The Bertz CT molecular complexity index is 398. The molecule has 0 spiro atoms. The highest BCUT2D eigenvalue weighted by molar-refractivity contribution is 5.35. The average Bonchev–Trinajstić information content (AvgIpc) is 3.08. The maximum absolute atomic E-state index is 9.76. The molecule has 1 aromatic rings. The molecule has 1 saturated carbocycles. The summed E-state index contributed by atoms with van der Waals surface area (Å²) in [5.74, 6) is 0.572. The Hall–Kier alpha value is -0.860. The predicted octanol–water partition coefficient (Wildman–Crippen LogP) is 2.04. The molecule has 1 fully saturated rings. The summed E-state index contributed by atoms with van der Waals surface area (Å²) in [7, 11) is 0. The summed E-state index contributed by atoms with van der Waals surface area (Å²) in [5.41, 5.74) is 4.42. The number of hydrogen-bond acceptors (Lipinski definition) is 2. The molecule has 0 aliphatic heterocycles. The van der Waals surface area contributed by atoms with Crippen molar-refractivity contribution in [2.75, 3.05) is 6.54 Å². The predicted molar refractivity (Wildman–Crippen MR) is 68.9 cm³/mol. The standard InChI is InChI=1S/C15H21NO/c17-15(13-6-7-13)10-16-9-11-4-5-12-2-1-3-14(12)8-11/h4-5,8,13,15-17H,1-3,6-7,9-10H2. The molecule has 1 unspecified atom stereocenters. The first-order valence-electron chi connectivity index (χ1n) is 6.82. The zero-order valence-corrected chi connectivity index (χ0v) is 10.3. The second kappa shape index (κ2) is 4.79. The summed E-state index contributed by atoms with van der Waals surface area (Å²) < 4.78 is 0. The molecule has 0 aromatic heterocycles. The molecule has 2 N–H and O–H groups in total. The number of aliphatic hydroxyl groups excluding tert-OH is 1. The average molecular weight is 231 g/mol. The summed E-state index contributed by atoms with van der Waals surface area (Å²) in [6.07, 6.45) is 6.09. The number of benzene rings is 1. The lowest BCUT2D eigenvalue weighted by atomic mass is 10.1. The van der Waals surface area contributed by atoms with E-state index in [1.165, 1.54) is 48.8 Å². The Morgan fingerprint density at radius 2 is 2.06 bits per heavy atom. The third kappa shape index (κ3) is 2.70. The van der Waals surface area contributed by atoms with Crippen LogP contribution in [-0.2, 0) is 19.4 Å². The van der Waals surface area contributed by atoms with Crippen LogP contribution < -0.4 is 5.32 Å². The van der Waals surface area contributed by atoms with Gasteiger partial charge >= 0.3 is 0 Å². The van der Waals surface area contributed by atoms with Gasteiger partial charge in [0.2, 0.25) is 0 Å². The van der Waals surface area contributed by atoms with Crippen LogP contribution in [0.15, 0.2) is 18.2 Å². The largest absolute Gasteiger partial charge is 0.392 e. The molecule has 17 heavy (non-hydrogen) atoms. The maximum atomic E-state index is 9.76. The van der Waals surface area contributed by atoms with Crippen molar-refractivity contribution in [3.8, 4) is 0 Å². The molecule has 2 nitrogen and oxygen atoms in total. The van der Waals surface area contributed by atoms with E-state index in [-0.39, 0.29) is 6.10 Å². The van der Waals surface area contributed by atoms with Crippen LogP contribution in [0.5, 0.6) is 0 Å². The van der Waals surface area contributed by atoms with Gasteiger partial charge in [-0.3, -0.25) is 0 Å². The van der Waals surface area contributed by atoms with Crippen LogP contribution in [-0.4, -0.2) is 17.8 Å². The van der Waals surface area contributed by atoms with Gasteiger partial charge in [-0.05, 0) is 54.7 Å². The fourth-order valence-electron chi connectivity index (χ4n) is 2.75. The van der Waals surface area contributed by atoms with Gasteiger partial charge in [-0.2, -0.15) is 0 Å². The molecule has 0 heterocycles. The first-order chi connectivity index (χ1) is 8.33. The van der Waals surface area contributed by atoms with E-state index in [2.05, 4.69) is 23.5 Å². The van der Waals surface area contributed by atoms with Crippen molar-refractivity contribution in [1.82, 2.24) is 5.32 Å². The SMILES string of the molecule is OC(CNCc1ccc2c(c1)CCC2)C1CC1. The summed E-state index contributed by atoms with van der Waals surface area (Å²) in [6, 6.07) is 6.83. The number of fused-ring (bicyclic) bond motifs is 1. The van der Waals surface area contributed by atoms with Gasteiger partial charge in [0.25, 0.3) is 0 Å². The van der Waals surface area contributed by atoms with Crippen molar-refractivity contribution in [2.24, 2.45) is 5.92 Å². The second-order valence-electron chi connectivity index (χ2n) is 5.49. The highest BCUT2D eigenvalue weighted by atomic mass is 16.3. The monoisotopic (exact) mass is 231 g/mol. The Labute approximate surface area is 103 Å². The third-order valence-electron chi connectivity index (χ3n) is 4.01. The van der Waals surface area contributed by atoms with Crippen LogP contribution in [0.2, 0.25) is 0 Å². The Morgan fingerprint density at radius 3 is 2.88 bits per heavy atom.